The minimum absolute atomic E-state index is 0.0997. The minimum Gasteiger partial charge on any atom is -0.393 e. The van der Waals surface area contributed by atoms with Crippen molar-refractivity contribution in [2.75, 3.05) is 40.3 Å². The van der Waals surface area contributed by atoms with E-state index < -0.39 is 0 Å². The van der Waals surface area contributed by atoms with Gasteiger partial charge in [0.25, 0.3) is 0 Å². The normalized spacial score (nSPS) is 13.7. The molecule has 0 aromatic carbocycles. The van der Waals surface area contributed by atoms with E-state index in [0.717, 1.165) is 38.9 Å². The SMILES string of the molecule is CCCN(CCCC(O)CC)CCN(C)C. The van der Waals surface area contributed by atoms with Crippen LogP contribution >= 0.6 is 0 Å². The molecule has 0 fully saturated rings. The summed E-state index contributed by atoms with van der Waals surface area (Å²) in [5, 5.41) is 9.49. The Bertz CT molecular complexity index is 151. The lowest BCUT2D eigenvalue weighted by atomic mass is 10.1. The van der Waals surface area contributed by atoms with Crippen LogP contribution in [-0.2, 0) is 0 Å². The first-order chi connectivity index (χ1) is 7.60. The fraction of sp³-hybridized carbons (Fsp3) is 1.00. The minimum atomic E-state index is -0.0997. The van der Waals surface area contributed by atoms with Crippen molar-refractivity contribution in [1.82, 2.24) is 9.80 Å². The van der Waals surface area contributed by atoms with Crippen molar-refractivity contribution in [3.63, 3.8) is 0 Å². The van der Waals surface area contributed by atoms with Crippen LogP contribution in [0.2, 0.25) is 0 Å². The van der Waals surface area contributed by atoms with Gasteiger partial charge in [0.15, 0.2) is 0 Å². The fourth-order valence-electron chi connectivity index (χ4n) is 1.75. The number of aliphatic hydroxyl groups is 1. The van der Waals surface area contributed by atoms with Crippen molar-refractivity contribution in [3.8, 4) is 0 Å². The Morgan fingerprint density at radius 1 is 1.00 bits per heavy atom. The first kappa shape index (κ1) is 15.9. The molecule has 3 nitrogen and oxygen atoms in total. The lowest BCUT2D eigenvalue weighted by molar-refractivity contribution is 0.147. The maximum atomic E-state index is 9.49. The first-order valence-corrected chi connectivity index (χ1v) is 6.65. The standard InChI is InChI=1S/C13H30N2O/c1-5-9-15(12-11-14(3)4)10-7-8-13(16)6-2/h13,16H,5-12H2,1-4H3. The van der Waals surface area contributed by atoms with Gasteiger partial charge in [-0.15, -0.1) is 0 Å². The molecule has 1 N–H and O–H groups in total. The Hall–Kier alpha value is -0.120. The van der Waals surface area contributed by atoms with Gasteiger partial charge in [-0.1, -0.05) is 13.8 Å². The summed E-state index contributed by atoms with van der Waals surface area (Å²) in [5.41, 5.74) is 0. The number of rotatable bonds is 10. The van der Waals surface area contributed by atoms with E-state index in [-0.39, 0.29) is 6.10 Å². The van der Waals surface area contributed by atoms with Crippen molar-refractivity contribution in [2.45, 2.75) is 45.6 Å². The Morgan fingerprint density at radius 3 is 2.19 bits per heavy atom. The molecule has 0 saturated carbocycles. The third kappa shape index (κ3) is 9.13. The average Bonchev–Trinajstić information content (AvgIpc) is 2.25. The highest BCUT2D eigenvalue weighted by atomic mass is 16.3. The number of hydrogen-bond donors (Lipinski definition) is 1. The molecule has 0 amide bonds. The summed E-state index contributed by atoms with van der Waals surface area (Å²) >= 11 is 0. The first-order valence-electron chi connectivity index (χ1n) is 6.65. The maximum absolute atomic E-state index is 9.49. The molecule has 0 aliphatic rings. The lowest BCUT2D eigenvalue weighted by Gasteiger charge is -2.23. The van der Waals surface area contributed by atoms with E-state index >= 15 is 0 Å². The number of likely N-dealkylation sites (N-methyl/N-ethyl adjacent to an activating group) is 1. The summed E-state index contributed by atoms with van der Waals surface area (Å²) in [4.78, 5) is 4.73. The molecule has 0 aromatic heterocycles. The van der Waals surface area contributed by atoms with Gasteiger partial charge in [-0.05, 0) is 52.9 Å². The molecule has 0 radical (unpaired) electrons. The molecule has 1 unspecified atom stereocenters. The summed E-state index contributed by atoms with van der Waals surface area (Å²) < 4.78 is 0. The van der Waals surface area contributed by atoms with Gasteiger partial charge in [-0.2, -0.15) is 0 Å². The molecule has 0 rings (SSSR count). The van der Waals surface area contributed by atoms with Gasteiger partial charge < -0.3 is 14.9 Å². The molecular formula is C13H30N2O. The molecule has 0 heterocycles. The maximum Gasteiger partial charge on any atom is 0.0538 e. The quantitative estimate of drug-likeness (QED) is 0.620. The van der Waals surface area contributed by atoms with Gasteiger partial charge in [0.1, 0.15) is 0 Å². The Kier molecular flexibility index (Phi) is 9.99. The van der Waals surface area contributed by atoms with Crippen LogP contribution in [0.5, 0.6) is 0 Å². The van der Waals surface area contributed by atoms with Crippen LogP contribution in [0, 0.1) is 0 Å². The van der Waals surface area contributed by atoms with Gasteiger partial charge >= 0.3 is 0 Å². The van der Waals surface area contributed by atoms with E-state index in [4.69, 9.17) is 0 Å². The highest BCUT2D eigenvalue weighted by Crippen LogP contribution is 2.03. The van der Waals surface area contributed by atoms with Crippen molar-refractivity contribution in [3.05, 3.63) is 0 Å². The molecular weight excluding hydrogens is 200 g/mol. The molecule has 0 bridgehead atoms. The van der Waals surface area contributed by atoms with E-state index in [1.54, 1.807) is 0 Å². The molecule has 3 heteroatoms. The lowest BCUT2D eigenvalue weighted by Crippen LogP contribution is -2.33. The molecule has 1 atom stereocenters. The Labute approximate surface area is 101 Å². The average molecular weight is 230 g/mol. The molecule has 0 saturated heterocycles. The van der Waals surface area contributed by atoms with Gasteiger partial charge in [-0.25, -0.2) is 0 Å². The van der Waals surface area contributed by atoms with E-state index in [9.17, 15) is 5.11 Å². The van der Waals surface area contributed by atoms with Crippen molar-refractivity contribution in [1.29, 1.82) is 0 Å². The summed E-state index contributed by atoms with van der Waals surface area (Å²) in [6.45, 7) is 8.83. The second kappa shape index (κ2) is 10.1. The van der Waals surface area contributed by atoms with Crippen LogP contribution in [0.25, 0.3) is 0 Å². The smallest absolute Gasteiger partial charge is 0.0538 e. The van der Waals surface area contributed by atoms with Crippen LogP contribution in [0.1, 0.15) is 39.5 Å². The fourth-order valence-corrected chi connectivity index (χ4v) is 1.75. The van der Waals surface area contributed by atoms with Crippen LogP contribution in [-0.4, -0.2) is 61.3 Å². The highest BCUT2D eigenvalue weighted by Gasteiger charge is 2.06. The number of aliphatic hydroxyl groups excluding tert-OH is 1. The zero-order valence-electron chi connectivity index (χ0n) is 11.6. The molecule has 0 aromatic rings. The van der Waals surface area contributed by atoms with Crippen molar-refractivity contribution >= 4 is 0 Å². The van der Waals surface area contributed by atoms with Gasteiger partial charge in [-0.3, -0.25) is 0 Å². The van der Waals surface area contributed by atoms with E-state index in [0.29, 0.717) is 0 Å². The second-order valence-corrected chi connectivity index (χ2v) is 4.85. The molecule has 0 aliphatic heterocycles. The zero-order valence-corrected chi connectivity index (χ0v) is 11.6. The van der Waals surface area contributed by atoms with E-state index in [2.05, 4.69) is 30.8 Å². The second-order valence-electron chi connectivity index (χ2n) is 4.85. The Balaban J connectivity index is 3.67. The van der Waals surface area contributed by atoms with Crippen LogP contribution in [0.4, 0.5) is 0 Å². The summed E-state index contributed by atoms with van der Waals surface area (Å²) in [5.74, 6) is 0. The summed E-state index contributed by atoms with van der Waals surface area (Å²) in [6.07, 6.45) is 4.05. The number of nitrogens with zero attached hydrogens (tertiary/aromatic N) is 2. The van der Waals surface area contributed by atoms with Crippen LogP contribution in [0.3, 0.4) is 0 Å². The highest BCUT2D eigenvalue weighted by molar-refractivity contribution is 4.61. The molecule has 98 valence electrons. The zero-order chi connectivity index (χ0) is 12.4. The summed E-state index contributed by atoms with van der Waals surface area (Å²) in [7, 11) is 4.23. The third-order valence-electron chi connectivity index (χ3n) is 2.89. The molecule has 0 aliphatic carbocycles. The largest absolute Gasteiger partial charge is 0.393 e. The van der Waals surface area contributed by atoms with E-state index in [1.807, 2.05) is 6.92 Å². The summed E-state index contributed by atoms with van der Waals surface area (Å²) in [6, 6.07) is 0. The van der Waals surface area contributed by atoms with Crippen molar-refractivity contribution in [2.24, 2.45) is 0 Å². The topological polar surface area (TPSA) is 26.7 Å². The van der Waals surface area contributed by atoms with Gasteiger partial charge in [0.2, 0.25) is 0 Å². The Morgan fingerprint density at radius 2 is 1.69 bits per heavy atom. The predicted molar refractivity (Wildman–Crippen MR) is 70.8 cm³/mol. The van der Waals surface area contributed by atoms with E-state index in [1.165, 1.54) is 13.0 Å². The van der Waals surface area contributed by atoms with Crippen LogP contribution in [0.15, 0.2) is 0 Å². The molecule has 0 spiro atoms. The third-order valence-corrected chi connectivity index (χ3v) is 2.89. The van der Waals surface area contributed by atoms with Crippen molar-refractivity contribution < 1.29 is 5.11 Å². The predicted octanol–water partition coefficient (Wildman–Crippen LogP) is 1.81. The monoisotopic (exact) mass is 230 g/mol. The van der Waals surface area contributed by atoms with Gasteiger partial charge in [0, 0.05) is 13.1 Å². The molecule has 16 heavy (non-hydrogen) atoms. The number of hydrogen-bond acceptors (Lipinski definition) is 3. The van der Waals surface area contributed by atoms with Crippen LogP contribution < -0.4 is 0 Å². The van der Waals surface area contributed by atoms with Gasteiger partial charge in [0.05, 0.1) is 6.10 Å².